The molecule has 17 heavy (non-hydrogen) atoms. The molecule has 0 radical (unpaired) electrons. The number of hydrogen-bond acceptors (Lipinski definition) is 4. The molecule has 0 aliphatic carbocycles. The molecule has 4 N–H and O–H groups in total. The Balaban J connectivity index is 2.18. The summed E-state index contributed by atoms with van der Waals surface area (Å²) in [6.45, 7) is 4.31. The highest BCUT2D eigenvalue weighted by Crippen LogP contribution is 2.09. The SMILES string of the molecule is CC(N)CCCC(C)C(=O)NCc1ncn[nH]1. The van der Waals surface area contributed by atoms with Crippen molar-refractivity contribution in [2.45, 2.75) is 45.7 Å². The van der Waals surface area contributed by atoms with Crippen LogP contribution < -0.4 is 11.1 Å². The van der Waals surface area contributed by atoms with E-state index in [1.165, 1.54) is 6.33 Å². The van der Waals surface area contributed by atoms with Gasteiger partial charge in [-0.15, -0.1) is 0 Å². The van der Waals surface area contributed by atoms with Crippen LogP contribution in [0, 0.1) is 5.92 Å². The first kappa shape index (κ1) is 13.6. The van der Waals surface area contributed by atoms with Gasteiger partial charge in [0.1, 0.15) is 12.2 Å². The number of nitrogens with two attached hydrogens (primary N) is 1. The average Bonchev–Trinajstić information content (AvgIpc) is 2.78. The quantitative estimate of drug-likeness (QED) is 0.648. The molecule has 0 saturated heterocycles. The lowest BCUT2D eigenvalue weighted by Crippen LogP contribution is -2.29. The Labute approximate surface area is 101 Å². The fraction of sp³-hybridized carbons (Fsp3) is 0.727. The van der Waals surface area contributed by atoms with Crippen molar-refractivity contribution in [1.29, 1.82) is 0 Å². The molecule has 0 aromatic carbocycles. The molecule has 0 aliphatic rings. The number of rotatable bonds is 7. The monoisotopic (exact) mass is 239 g/mol. The number of aromatic amines is 1. The van der Waals surface area contributed by atoms with Gasteiger partial charge in [-0.25, -0.2) is 4.98 Å². The molecular weight excluding hydrogens is 218 g/mol. The fourth-order valence-electron chi connectivity index (χ4n) is 1.54. The van der Waals surface area contributed by atoms with Gasteiger partial charge in [0.25, 0.3) is 0 Å². The molecule has 1 aromatic rings. The maximum atomic E-state index is 11.7. The third-order valence-corrected chi connectivity index (χ3v) is 2.64. The molecule has 0 fully saturated rings. The summed E-state index contributed by atoms with van der Waals surface area (Å²) < 4.78 is 0. The fourth-order valence-corrected chi connectivity index (χ4v) is 1.54. The number of nitrogens with zero attached hydrogens (tertiary/aromatic N) is 2. The van der Waals surface area contributed by atoms with Gasteiger partial charge in [-0.05, 0) is 19.8 Å². The first-order chi connectivity index (χ1) is 8.09. The predicted molar refractivity (Wildman–Crippen MR) is 64.9 cm³/mol. The highest BCUT2D eigenvalue weighted by atomic mass is 16.1. The predicted octanol–water partition coefficient (Wildman–Crippen LogP) is 0.575. The number of hydrogen-bond donors (Lipinski definition) is 3. The van der Waals surface area contributed by atoms with Gasteiger partial charge in [0.05, 0.1) is 6.54 Å². The summed E-state index contributed by atoms with van der Waals surface area (Å²) in [6.07, 6.45) is 4.23. The van der Waals surface area contributed by atoms with E-state index in [-0.39, 0.29) is 17.9 Å². The van der Waals surface area contributed by atoms with E-state index in [2.05, 4.69) is 20.5 Å². The minimum absolute atomic E-state index is 0.0108. The Morgan fingerprint density at radius 2 is 2.29 bits per heavy atom. The van der Waals surface area contributed by atoms with E-state index < -0.39 is 0 Å². The average molecular weight is 239 g/mol. The molecule has 6 heteroatoms. The van der Waals surface area contributed by atoms with Crippen LogP contribution in [0.3, 0.4) is 0 Å². The normalized spacial score (nSPS) is 14.3. The summed E-state index contributed by atoms with van der Waals surface area (Å²) in [5.41, 5.74) is 5.66. The van der Waals surface area contributed by atoms with Crippen LogP contribution in [0.15, 0.2) is 6.33 Å². The van der Waals surface area contributed by atoms with Crippen molar-refractivity contribution >= 4 is 5.91 Å². The molecule has 1 rings (SSSR count). The van der Waals surface area contributed by atoms with Crippen molar-refractivity contribution in [2.75, 3.05) is 0 Å². The Morgan fingerprint density at radius 1 is 1.53 bits per heavy atom. The highest BCUT2D eigenvalue weighted by Gasteiger charge is 2.12. The van der Waals surface area contributed by atoms with E-state index >= 15 is 0 Å². The summed E-state index contributed by atoms with van der Waals surface area (Å²) in [7, 11) is 0. The number of amides is 1. The molecule has 2 atom stereocenters. The molecule has 0 bridgehead atoms. The first-order valence-electron chi connectivity index (χ1n) is 5.97. The standard InChI is InChI=1S/C11H21N5O/c1-8(4-3-5-9(2)12)11(17)13-6-10-14-7-15-16-10/h7-9H,3-6,12H2,1-2H3,(H,13,17)(H,14,15,16). The van der Waals surface area contributed by atoms with Crippen molar-refractivity contribution in [2.24, 2.45) is 11.7 Å². The van der Waals surface area contributed by atoms with E-state index in [4.69, 9.17) is 5.73 Å². The molecule has 1 heterocycles. The molecule has 2 unspecified atom stereocenters. The number of nitrogens with one attached hydrogen (secondary N) is 2. The maximum Gasteiger partial charge on any atom is 0.223 e. The van der Waals surface area contributed by atoms with Crippen LogP contribution in [0.4, 0.5) is 0 Å². The molecule has 0 aliphatic heterocycles. The van der Waals surface area contributed by atoms with Gasteiger partial charge < -0.3 is 11.1 Å². The second-order valence-corrected chi connectivity index (χ2v) is 4.46. The van der Waals surface area contributed by atoms with E-state index in [1.54, 1.807) is 0 Å². The summed E-state index contributed by atoms with van der Waals surface area (Å²) in [5, 5.41) is 9.23. The zero-order valence-electron chi connectivity index (χ0n) is 10.4. The number of carbonyl (C=O) groups is 1. The topological polar surface area (TPSA) is 96.7 Å². The Hall–Kier alpha value is -1.43. The van der Waals surface area contributed by atoms with Gasteiger partial charge in [-0.3, -0.25) is 9.89 Å². The van der Waals surface area contributed by atoms with Crippen molar-refractivity contribution in [3.8, 4) is 0 Å². The van der Waals surface area contributed by atoms with E-state index in [1.807, 2.05) is 13.8 Å². The molecule has 1 aromatic heterocycles. The van der Waals surface area contributed by atoms with Gasteiger partial charge in [0, 0.05) is 12.0 Å². The largest absolute Gasteiger partial charge is 0.349 e. The van der Waals surface area contributed by atoms with Crippen LogP contribution in [-0.2, 0) is 11.3 Å². The summed E-state index contributed by atoms with van der Waals surface area (Å²) in [6, 6.07) is 0.208. The Morgan fingerprint density at radius 3 is 2.88 bits per heavy atom. The minimum atomic E-state index is 0.0108. The number of aromatic nitrogens is 3. The van der Waals surface area contributed by atoms with Gasteiger partial charge in [0.15, 0.2) is 0 Å². The summed E-state index contributed by atoms with van der Waals surface area (Å²) >= 11 is 0. The van der Waals surface area contributed by atoms with Crippen molar-refractivity contribution in [1.82, 2.24) is 20.5 Å². The second kappa shape index (κ2) is 7.01. The first-order valence-corrected chi connectivity index (χ1v) is 5.97. The Kier molecular flexibility index (Phi) is 5.62. The zero-order valence-corrected chi connectivity index (χ0v) is 10.4. The van der Waals surface area contributed by atoms with Gasteiger partial charge in [0.2, 0.25) is 5.91 Å². The zero-order chi connectivity index (χ0) is 12.7. The number of H-pyrrole nitrogens is 1. The van der Waals surface area contributed by atoms with Crippen LogP contribution in [0.5, 0.6) is 0 Å². The Bertz CT molecular complexity index is 323. The lowest BCUT2D eigenvalue weighted by atomic mass is 10.0. The van der Waals surface area contributed by atoms with Crippen LogP contribution in [0.1, 0.15) is 38.9 Å². The van der Waals surface area contributed by atoms with Crippen LogP contribution >= 0.6 is 0 Å². The second-order valence-electron chi connectivity index (χ2n) is 4.46. The van der Waals surface area contributed by atoms with Crippen LogP contribution in [0.25, 0.3) is 0 Å². The molecule has 0 saturated carbocycles. The molecule has 1 amide bonds. The van der Waals surface area contributed by atoms with Gasteiger partial charge >= 0.3 is 0 Å². The third-order valence-electron chi connectivity index (χ3n) is 2.64. The third kappa shape index (κ3) is 5.44. The lowest BCUT2D eigenvalue weighted by Gasteiger charge is -2.12. The maximum absolute atomic E-state index is 11.7. The van der Waals surface area contributed by atoms with Crippen molar-refractivity contribution in [3.05, 3.63) is 12.2 Å². The van der Waals surface area contributed by atoms with Crippen LogP contribution in [0.2, 0.25) is 0 Å². The summed E-state index contributed by atoms with van der Waals surface area (Å²) in [5.74, 6) is 0.726. The van der Waals surface area contributed by atoms with E-state index in [0.717, 1.165) is 19.3 Å². The minimum Gasteiger partial charge on any atom is -0.349 e. The smallest absolute Gasteiger partial charge is 0.223 e. The number of carbonyl (C=O) groups excluding carboxylic acids is 1. The molecule has 96 valence electrons. The lowest BCUT2D eigenvalue weighted by molar-refractivity contribution is -0.124. The molecule has 6 nitrogen and oxygen atoms in total. The van der Waals surface area contributed by atoms with E-state index in [0.29, 0.717) is 12.4 Å². The van der Waals surface area contributed by atoms with Gasteiger partial charge in [-0.2, -0.15) is 5.10 Å². The molecular formula is C11H21N5O. The van der Waals surface area contributed by atoms with E-state index in [9.17, 15) is 4.79 Å². The molecule has 0 spiro atoms. The highest BCUT2D eigenvalue weighted by molar-refractivity contribution is 5.78. The summed E-state index contributed by atoms with van der Waals surface area (Å²) in [4.78, 5) is 15.6. The van der Waals surface area contributed by atoms with Gasteiger partial charge in [-0.1, -0.05) is 13.3 Å². The van der Waals surface area contributed by atoms with Crippen molar-refractivity contribution < 1.29 is 4.79 Å². The van der Waals surface area contributed by atoms with Crippen molar-refractivity contribution in [3.63, 3.8) is 0 Å². The van der Waals surface area contributed by atoms with Crippen LogP contribution in [-0.4, -0.2) is 27.1 Å².